The van der Waals surface area contributed by atoms with Crippen molar-refractivity contribution in [1.82, 2.24) is 10.3 Å². The standard InChI is InChI=1S/C22H25N3O5/c1-5-12-30-19-13-15(6-11-18(19)29-4)14-23-25-20(26)22(2,24-21(25)27)16-7-9-17(28-3)10-8-16/h6-11,13-14H,5,12H2,1-4H3,(H,24,27)/b23-14-/t22-/m1/s1. The summed E-state index contributed by atoms with van der Waals surface area (Å²) in [6.07, 6.45) is 2.29. The van der Waals surface area contributed by atoms with Gasteiger partial charge in [-0.15, -0.1) is 5.01 Å². The molecular weight excluding hydrogens is 386 g/mol. The van der Waals surface area contributed by atoms with Crippen LogP contribution in [0.2, 0.25) is 0 Å². The quantitative estimate of drug-likeness (QED) is 0.532. The Morgan fingerprint density at radius 1 is 1.07 bits per heavy atom. The Balaban J connectivity index is 1.82. The lowest BCUT2D eigenvalue weighted by molar-refractivity contribution is -0.131. The van der Waals surface area contributed by atoms with Gasteiger partial charge in [-0.25, -0.2) is 4.79 Å². The van der Waals surface area contributed by atoms with Gasteiger partial charge >= 0.3 is 6.03 Å². The van der Waals surface area contributed by atoms with Crippen molar-refractivity contribution in [3.8, 4) is 17.2 Å². The predicted octanol–water partition coefficient (Wildman–Crippen LogP) is 3.29. The van der Waals surface area contributed by atoms with Crippen molar-refractivity contribution in [3.05, 3.63) is 53.6 Å². The molecule has 30 heavy (non-hydrogen) atoms. The highest BCUT2D eigenvalue weighted by molar-refractivity contribution is 6.07. The van der Waals surface area contributed by atoms with Gasteiger partial charge in [-0.3, -0.25) is 4.79 Å². The molecule has 3 amide bonds. The van der Waals surface area contributed by atoms with Crippen molar-refractivity contribution in [2.75, 3.05) is 20.8 Å². The number of methoxy groups -OCH3 is 2. The molecule has 1 aliphatic heterocycles. The molecular formula is C22H25N3O5. The van der Waals surface area contributed by atoms with E-state index in [4.69, 9.17) is 14.2 Å². The van der Waals surface area contributed by atoms with Gasteiger partial charge in [0.15, 0.2) is 11.5 Å². The smallest absolute Gasteiger partial charge is 0.346 e. The van der Waals surface area contributed by atoms with Gasteiger partial charge in [-0.2, -0.15) is 5.10 Å². The summed E-state index contributed by atoms with van der Waals surface area (Å²) in [7, 11) is 3.13. The number of nitrogens with zero attached hydrogens (tertiary/aromatic N) is 2. The molecule has 0 spiro atoms. The second kappa shape index (κ2) is 8.86. The van der Waals surface area contributed by atoms with E-state index in [0.29, 0.717) is 35.0 Å². The van der Waals surface area contributed by atoms with Crippen molar-refractivity contribution in [2.24, 2.45) is 5.10 Å². The number of nitrogens with one attached hydrogen (secondary N) is 1. The van der Waals surface area contributed by atoms with Crippen LogP contribution in [0.4, 0.5) is 4.79 Å². The first-order valence-corrected chi connectivity index (χ1v) is 9.59. The number of ether oxygens (including phenoxy) is 3. The number of urea groups is 1. The molecule has 0 aromatic heterocycles. The minimum absolute atomic E-state index is 0.468. The SMILES string of the molecule is CCCOc1cc(/C=N\N2C(=O)N[C@](C)(c3ccc(OC)cc3)C2=O)ccc1OC. The monoisotopic (exact) mass is 411 g/mol. The molecule has 0 bridgehead atoms. The minimum atomic E-state index is -1.21. The second-order valence-electron chi connectivity index (χ2n) is 6.90. The zero-order valence-corrected chi connectivity index (χ0v) is 17.5. The van der Waals surface area contributed by atoms with E-state index in [0.717, 1.165) is 11.4 Å². The van der Waals surface area contributed by atoms with Crippen molar-refractivity contribution >= 4 is 18.2 Å². The average molecular weight is 411 g/mol. The minimum Gasteiger partial charge on any atom is -0.497 e. The molecule has 3 rings (SSSR count). The van der Waals surface area contributed by atoms with E-state index in [1.165, 1.54) is 6.21 Å². The summed E-state index contributed by atoms with van der Waals surface area (Å²) in [5, 5.41) is 7.66. The van der Waals surface area contributed by atoms with Crippen LogP contribution in [0.1, 0.15) is 31.4 Å². The maximum absolute atomic E-state index is 13.0. The number of hydrazone groups is 1. The molecule has 8 nitrogen and oxygen atoms in total. The summed E-state index contributed by atoms with van der Waals surface area (Å²) in [4.78, 5) is 25.4. The Morgan fingerprint density at radius 2 is 1.80 bits per heavy atom. The maximum atomic E-state index is 13.0. The van der Waals surface area contributed by atoms with Gasteiger partial charge in [-0.1, -0.05) is 19.1 Å². The Bertz CT molecular complexity index is 958. The third-order valence-corrected chi connectivity index (χ3v) is 4.81. The molecule has 1 aliphatic rings. The van der Waals surface area contributed by atoms with E-state index in [1.54, 1.807) is 63.6 Å². The normalized spacial score (nSPS) is 18.6. The molecule has 0 saturated carbocycles. The highest BCUT2D eigenvalue weighted by atomic mass is 16.5. The van der Waals surface area contributed by atoms with Gasteiger partial charge in [0.25, 0.3) is 5.91 Å². The van der Waals surface area contributed by atoms with Gasteiger partial charge in [0, 0.05) is 0 Å². The van der Waals surface area contributed by atoms with Crippen LogP contribution in [-0.2, 0) is 10.3 Å². The van der Waals surface area contributed by atoms with Crippen LogP contribution in [0.3, 0.4) is 0 Å². The van der Waals surface area contributed by atoms with E-state index in [9.17, 15) is 9.59 Å². The summed E-state index contributed by atoms with van der Waals surface area (Å²) in [5.41, 5.74) is 0.0929. The lowest BCUT2D eigenvalue weighted by Crippen LogP contribution is -2.40. The zero-order chi connectivity index (χ0) is 21.7. The van der Waals surface area contributed by atoms with Crippen molar-refractivity contribution in [2.45, 2.75) is 25.8 Å². The molecule has 1 fully saturated rings. The fraction of sp³-hybridized carbons (Fsp3) is 0.318. The number of rotatable bonds is 8. The molecule has 1 heterocycles. The molecule has 158 valence electrons. The van der Waals surface area contributed by atoms with Crippen LogP contribution >= 0.6 is 0 Å². The third-order valence-electron chi connectivity index (χ3n) is 4.81. The first kappa shape index (κ1) is 21.2. The summed E-state index contributed by atoms with van der Waals surface area (Å²) in [6, 6.07) is 11.6. The number of imide groups is 1. The Morgan fingerprint density at radius 3 is 2.43 bits per heavy atom. The molecule has 0 aliphatic carbocycles. The summed E-state index contributed by atoms with van der Waals surface area (Å²) < 4.78 is 16.1. The average Bonchev–Trinajstić information content (AvgIpc) is 2.99. The molecule has 0 radical (unpaired) electrons. The molecule has 1 saturated heterocycles. The Kier molecular flexibility index (Phi) is 6.25. The van der Waals surface area contributed by atoms with Crippen LogP contribution in [0, 0.1) is 0 Å². The number of carbonyl (C=O) groups excluding carboxylic acids is 2. The fourth-order valence-electron chi connectivity index (χ4n) is 3.07. The van der Waals surface area contributed by atoms with Gasteiger partial charge in [-0.05, 0) is 54.8 Å². The highest BCUT2D eigenvalue weighted by Gasteiger charge is 2.49. The number of hydrogen-bond acceptors (Lipinski definition) is 6. The fourth-order valence-corrected chi connectivity index (χ4v) is 3.07. The summed E-state index contributed by atoms with van der Waals surface area (Å²) in [6.45, 7) is 4.20. The van der Waals surface area contributed by atoms with Crippen LogP contribution in [0.15, 0.2) is 47.6 Å². The topological polar surface area (TPSA) is 89.5 Å². The Hall–Kier alpha value is -3.55. The van der Waals surface area contributed by atoms with Gasteiger partial charge in [0.2, 0.25) is 0 Å². The number of amides is 3. The van der Waals surface area contributed by atoms with Crippen LogP contribution in [-0.4, -0.2) is 44.0 Å². The zero-order valence-electron chi connectivity index (χ0n) is 17.5. The number of benzene rings is 2. The number of hydrogen-bond donors (Lipinski definition) is 1. The summed E-state index contributed by atoms with van der Waals surface area (Å²) >= 11 is 0. The highest BCUT2D eigenvalue weighted by Crippen LogP contribution is 2.31. The van der Waals surface area contributed by atoms with Crippen molar-refractivity contribution < 1.29 is 23.8 Å². The predicted molar refractivity (Wildman–Crippen MR) is 112 cm³/mol. The largest absolute Gasteiger partial charge is 0.497 e. The van der Waals surface area contributed by atoms with Gasteiger partial charge in [0.1, 0.15) is 11.3 Å². The van der Waals surface area contributed by atoms with Crippen molar-refractivity contribution in [3.63, 3.8) is 0 Å². The van der Waals surface area contributed by atoms with E-state index < -0.39 is 17.5 Å². The molecule has 2 aromatic carbocycles. The van der Waals surface area contributed by atoms with Gasteiger partial charge < -0.3 is 19.5 Å². The van der Waals surface area contributed by atoms with E-state index in [2.05, 4.69) is 10.4 Å². The van der Waals surface area contributed by atoms with E-state index in [-0.39, 0.29) is 0 Å². The van der Waals surface area contributed by atoms with E-state index in [1.807, 2.05) is 6.92 Å². The van der Waals surface area contributed by atoms with Crippen molar-refractivity contribution in [1.29, 1.82) is 0 Å². The van der Waals surface area contributed by atoms with E-state index >= 15 is 0 Å². The van der Waals surface area contributed by atoms with Crippen LogP contribution < -0.4 is 19.5 Å². The van der Waals surface area contributed by atoms with Crippen LogP contribution in [0.25, 0.3) is 0 Å². The third kappa shape index (κ3) is 4.07. The maximum Gasteiger partial charge on any atom is 0.346 e. The second-order valence-corrected chi connectivity index (χ2v) is 6.90. The molecule has 1 atom stereocenters. The molecule has 8 heteroatoms. The molecule has 2 aromatic rings. The first-order chi connectivity index (χ1) is 14.4. The lowest BCUT2D eigenvalue weighted by atomic mass is 9.92. The lowest BCUT2D eigenvalue weighted by Gasteiger charge is -2.21. The first-order valence-electron chi connectivity index (χ1n) is 9.59. The molecule has 0 unspecified atom stereocenters. The molecule has 1 N–H and O–H groups in total. The van der Waals surface area contributed by atoms with Crippen LogP contribution in [0.5, 0.6) is 17.2 Å². The summed E-state index contributed by atoms with van der Waals surface area (Å²) in [5.74, 6) is 1.37. The van der Waals surface area contributed by atoms with Gasteiger partial charge in [0.05, 0.1) is 27.0 Å². The Labute approximate surface area is 175 Å². The number of carbonyl (C=O) groups is 2.